The molecule has 1 fully saturated rings. The van der Waals surface area contributed by atoms with E-state index in [0.29, 0.717) is 18.9 Å². The monoisotopic (exact) mass is 294 g/mol. The number of carbonyl (C=O) groups excluding carboxylic acids is 2. The first-order valence-electron chi connectivity index (χ1n) is 7.11. The minimum absolute atomic E-state index is 0.0175. The molecule has 2 unspecified atom stereocenters. The van der Waals surface area contributed by atoms with E-state index < -0.39 is 6.04 Å². The lowest BCUT2D eigenvalue weighted by molar-refractivity contribution is -0.149. The van der Waals surface area contributed by atoms with Gasteiger partial charge in [-0.3, -0.25) is 9.59 Å². The molecule has 5 heteroatoms. The van der Waals surface area contributed by atoms with E-state index in [2.05, 4.69) is 30.6 Å². The molecule has 0 aromatic carbocycles. The van der Waals surface area contributed by atoms with Gasteiger partial charge in [-0.2, -0.15) is 11.3 Å². The minimum Gasteiger partial charge on any atom is -0.343 e. The molecule has 110 valence electrons. The molecular weight excluding hydrogens is 272 g/mol. The molecule has 0 aliphatic carbocycles. The predicted octanol–water partition coefficient (Wildman–Crippen LogP) is 2.05. The highest BCUT2D eigenvalue weighted by atomic mass is 32.1. The molecule has 1 aromatic rings. The quantitative estimate of drug-likeness (QED) is 0.903. The Bertz CT molecular complexity index is 470. The van der Waals surface area contributed by atoms with Crippen LogP contribution in [0.25, 0.3) is 0 Å². The average Bonchev–Trinajstić information content (AvgIpc) is 2.88. The summed E-state index contributed by atoms with van der Waals surface area (Å²) in [6.45, 7) is 6.52. The molecule has 2 rings (SSSR count). The standard InChI is InChI=1S/C15H22N2O2S/c1-10(2)8-13-14(18)16-11(3)15(19)17(13)6-4-12-5-7-20-9-12/h5,7,9-11,13H,4,6,8H2,1-3H3,(H,16,18). The van der Waals surface area contributed by atoms with Crippen molar-refractivity contribution in [1.82, 2.24) is 10.2 Å². The Labute approximate surface area is 124 Å². The van der Waals surface area contributed by atoms with Crippen molar-refractivity contribution in [2.24, 2.45) is 5.92 Å². The summed E-state index contributed by atoms with van der Waals surface area (Å²) in [4.78, 5) is 26.3. The van der Waals surface area contributed by atoms with Gasteiger partial charge in [-0.15, -0.1) is 0 Å². The summed E-state index contributed by atoms with van der Waals surface area (Å²) in [6.07, 6.45) is 1.53. The van der Waals surface area contributed by atoms with E-state index in [-0.39, 0.29) is 17.9 Å². The zero-order valence-electron chi connectivity index (χ0n) is 12.3. The number of hydrogen-bond donors (Lipinski definition) is 1. The third-order valence-corrected chi connectivity index (χ3v) is 4.34. The van der Waals surface area contributed by atoms with Gasteiger partial charge in [0.25, 0.3) is 0 Å². The summed E-state index contributed by atoms with van der Waals surface area (Å²) in [7, 11) is 0. The number of thiophene rings is 1. The van der Waals surface area contributed by atoms with Gasteiger partial charge in [0.1, 0.15) is 12.1 Å². The van der Waals surface area contributed by atoms with E-state index in [1.807, 2.05) is 5.38 Å². The van der Waals surface area contributed by atoms with Gasteiger partial charge in [-0.1, -0.05) is 13.8 Å². The lowest BCUT2D eigenvalue weighted by Crippen LogP contribution is -2.62. The van der Waals surface area contributed by atoms with Crippen LogP contribution in [0.1, 0.15) is 32.8 Å². The normalized spacial score (nSPS) is 23.3. The van der Waals surface area contributed by atoms with Crippen LogP contribution in [0.4, 0.5) is 0 Å². The van der Waals surface area contributed by atoms with Crippen LogP contribution >= 0.6 is 11.3 Å². The molecule has 2 atom stereocenters. The Morgan fingerprint density at radius 3 is 2.75 bits per heavy atom. The van der Waals surface area contributed by atoms with Crippen LogP contribution in [0.15, 0.2) is 16.8 Å². The first-order chi connectivity index (χ1) is 9.49. The summed E-state index contributed by atoms with van der Waals surface area (Å²) < 4.78 is 0. The van der Waals surface area contributed by atoms with Crippen molar-refractivity contribution in [3.8, 4) is 0 Å². The molecule has 2 amide bonds. The number of nitrogens with zero attached hydrogens (tertiary/aromatic N) is 1. The first-order valence-corrected chi connectivity index (χ1v) is 8.05. The van der Waals surface area contributed by atoms with Crippen LogP contribution < -0.4 is 5.32 Å². The molecule has 1 aliphatic heterocycles. The second kappa shape index (κ2) is 6.39. The lowest BCUT2D eigenvalue weighted by atomic mass is 9.97. The van der Waals surface area contributed by atoms with Crippen LogP contribution in [-0.2, 0) is 16.0 Å². The average molecular weight is 294 g/mol. The summed E-state index contributed by atoms with van der Waals surface area (Å²) in [6, 6.07) is 1.34. The summed E-state index contributed by atoms with van der Waals surface area (Å²) in [5.74, 6) is 0.400. The zero-order chi connectivity index (χ0) is 14.7. The van der Waals surface area contributed by atoms with Crippen LogP contribution in [0.3, 0.4) is 0 Å². The first kappa shape index (κ1) is 15.0. The minimum atomic E-state index is -0.409. The summed E-state index contributed by atoms with van der Waals surface area (Å²) in [5, 5.41) is 6.91. The second-order valence-corrected chi connectivity index (χ2v) is 6.57. The van der Waals surface area contributed by atoms with E-state index in [1.54, 1.807) is 23.2 Å². The highest BCUT2D eigenvalue weighted by Crippen LogP contribution is 2.18. The fourth-order valence-electron chi connectivity index (χ4n) is 2.55. The van der Waals surface area contributed by atoms with Crippen LogP contribution in [0.5, 0.6) is 0 Å². The zero-order valence-corrected chi connectivity index (χ0v) is 13.1. The number of rotatable bonds is 5. The van der Waals surface area contributed by atoms with E-state index in [4.69, 9.17) is 0 Å². The Kier molecular flexibility index (Phi) is 4.81. The SMILES string of the molecule is CC(C)CC1C(=O)NC(C)C(=O)N1CCc1ccsc1. The molecule has 20 heavy (non-hydrogen) atoms. The van der Waals surface area contributed by atoms with Crippen molar-refractivity contribution >= 4 is 23.2 Å². The molecule has 0 radical (unpaired) electrons. The maximum absolute atomic E-state index is 12.3. The van der Waals surface area contributed by atoms with Crippen molar-refractivity contribution in [2.45, 2.75) is 45.7 Å². The Morgan fingerprint density at radius 1 is 1.40 bits per heavy atom. The highest BCUT2D eigenvalue weighted by molar-refractivity contribution is 7.07. The van der Waals surface area contributed by atoms with E-state index in [1.165, 1.54) is 5.56 Å². The van der Waals surface area contributed by atoms with Crippen molar-refractivity contribution in [3.63, 3.8) is 0 Å². The summed E-state index contributed by atoms with van der Waals surface area (Å²) in [5.41, 5.74) is 1.23. The van der Waals surface area contributed by atoms with Gasteiger partial charge in [-0.25, -0.2) is 0 Å². The van der Waals surface area contributed by atoms with Crippen LogP contribution in [0.2, 0.25) is 0 Å². The summed E-state index contributed by atoms with van der Waals surface area (Å²) >= 11 is 1.66. The molecule has 1 saturated heterocycles. The van der Waals surface area contributed by atoms with Gasteiger partial charge in [0.2, 0.25) is 11.8 Å². The molecule has 1 N–H and O–H groups in total. The second-order valence-electron chi connectivity index (χ2n) is 5.79. The maximum atomic E-state index is 12.3. The van der Waals surface area contributed by atoms with Gasteiger partial charge in [-0.05, 0) is 48.1 Å². The van der Waals surface area contributed by atoms with Crippen molar-refractivity contribution < 1.29 is 9.59 Å². The van der Waals surface area contributed by atoms with Crippen molar-refractivity contribution in [3.05, 3.63) is 22.4 Å². The van der Waals surface area contributed by atoms with E-state index in [9.17, 15) is 9.59 Å². The van der Waals surface area contributed by atoms with E-state index in [0.717, 1.165) is 6.42 Å². The van der Waals surface area contributed by atoms with Gasteiger partial charge in [0.05, 0.1) is 0 Å². The lowest BCUT2D eigenvalue weighted by Gasteiger charge is -2.38. The van der Waals surface area contributed by atoms with Crippen LogP contribution in [0, 0.1) is 5.92 Å². The topological polar surface area (TPSA) is 49.4 Å². The molecule has 0 spiro atoms. The third kappa shape index (κ3) is 3.39. The van der Waals surface area contributed by atoms with Gasteiger partial charge < -0.3 is 10.2 Å². The molecule has 2 heterocycles. The fourth-order valence-corrected chi connectivity index (χ4v) is 3.25. The van der Waals surface area contributed by atoms with Gasteiger partial charge >= 0.3 is 0 Å². The number of amides is 2. The van der Waals surface area contributed by atoms with E-state index >= 15 is 0 Å². The van der Waals surface area contributed by atoms with Crippen LogP contribution in [-0.4, -0.2) is 35.3 Å². The number of nitrogens with one attached hydrogen (secondary N) is 1. The predicted molar refractivity (Wildman–Crippen MR) is 80.6 cm³/mol. The molecule has 0 bridgehead atoms. The smallest absolute Gasteiger partial charge is 0.245 e. The third-order valence-electron chi connectivity index (χ3n) is 3.61. The molecule has 4 nitrogen and oxygen atoms in total. The number of piperazine rings is 1. The largest absolute Gasteiger partial charge is 0.343 e. The number of hydrogen-bond acceptors (Lipinski definition) is 3. The maximum Gasteiger partial charge on any atom is 0.245 e. The van der Waals surface area contributed by atoms with Crippen molar-refractivity contribution in [2.75, 3.05) is 6.54 Å². The van der Waals surface area contributed by atoms with Crippen molar-refractivity contribution in [1.29, 1.82) is 0 Å². The molecule has 0 saturated carbocycles. The Balaban J connectivity index is 2.09. The van der Waals surface area contributed by atoms with Gasteiger partial charge in [0, 0.05) is 6.54 Å². The van der Waals surface area contributed by atoms with Gasteiger partial charge in [0.15, 0.2) is 0 Å². The highest BCUT2D eigenvalue weighted by Gasteiger charge is 2.38. The molecular formula is C15H22N2O2S. The number of carbonyl (C=O) groups is 2. The Hall–Kier alpha value is -1.36. The Morgan fingerprint density at radius 2 is 2.15 bits per heavy atom. The fraction of sp³-hybridized carbons (Fsp3) is 0.600. The molecule has 1 aliphatic rings. The molecule has 1 aromatic heterocycles.